The Morgan fingerprint density at radius 3 is 2.71 bits per heavy atom. The number of ether oxygens (including phenoxy) is 2. The Bertz CT molecular complexity index is 1900. The van der Waals surface area contributed by atoms with Crippen LogP contribution in [-0.4, -0.2) is 55.6 Å². The number of nitrogens with zero attached hydrogens (tertiary/aromatic N) is 6. The molecule has 212 valence electrons. The molecule has 1 aliphatic rings. The highest BCUT2D eigenvalue weighted by atomic mass is 32.1. The Hall–Kier alpha value is -4.77. The molecule has 0 spiro atoms. The van der Waals surface area contributed by atoms with E-state index in [-0.39, 0.29) is 12.5 Å². The Labute approximate surface area is 245 Å². The van der Waals surface area contributed by atoms with Crippen molar-refractivity contribution in [3.8, 4) is 33.5 Å². The molecule has 0 saturated carbocycles. The maximum atomic E-state index is 12.8. The van der Waals surface area contributed by atoms with E-state index < -0.39 is 0 Å². The summed E-state index contributed by atoms with van der Waals surface area (Å²) in [5, 5.41) is 8.07. The summed E-state index contributed by atoms with van der Waals surface area (Å²) in [5.41, 5.74) is 4.52. The molecule has 6 aromatic rings. The lowest BCUT2D eigenvalue weighted by Gasteiger charge is -2.26. The topological polar surface area (TPSA) is 108 Å². The molecule has 0 N–H and O–H groups in total. The third-order valence-corrected chi connectivity index (χ3v) is 8.25. The van der Waals surface area contributed by atoms with Crippen molar-refractivity contribution in [1.82, 2.24) is 29.5 Å². The van der Waals surface area contributed by atoms with Crippen LogP contribution in [0.2, 0.25) is 0 Å². The van der Waals surface area contributed by atoms with Crippen LogP contribution in [0, 0.1) is 6.92 Å². The number of piperidine rings is 1. The standard InChI is InChI=1S/C31H28N6O4S/c1-19-15-32-31-34-25(16-37(31)35-19)28-14-24-26(12-23(39-2)13-27(24)41-28)40-17-22-18-42-29(33-22)20-6-8-21(9-7-20)30(38)36-10-4-3-5-11-36/h6-9,12-16,18H,3-5,10-11,17H2,1-2H3. The highest BCUT2D eigenvalue weighted by Crippen LogP contribution is 2.37. The van der Waals surface area contributed by atoms with Gasteiger partial charge in [0.15, 0.2) is 5.76 Å². The summed E-state index contributed by atoms with van der Waals surface area (Å²) in [6.45, 7) is 3.83. The maximum absolute atomic E-state index is 12.8. The highest BCUT2D eigenvalue weighted by molar-refractivity contribution is 7.13. The molecule has 1 aliphatic heterocycles. The van der Waals surface area contributed by atoms with Gasteiger partial charge in [-0.25, -0.2) is 19.5 Å². The molecule has 4 aromatic heterocycles. The molecule has 1 saturated heterocycles. The average molecular weight is 581 g/mol. The predicted octanol–water partition coefficient (Wildman–Crippen LogP) is 6.18. The molecule has 0 aliphatic carbocycles. The Morgan fingerprint density at radius 2 is 1.90 bits per heavy atom. The first-order valence-electron chi connectivity index (χ1n) is 13.8. The summed E-state index contributed by atoms with van der Waals surface area (Å²) >= 11 is 1.54. The first kappa shape index (κ1) is 26.1. The van der Waals surface area contributed by atoms with Gasteiger partial charge in [-0.2, -0.15) is 5.10 Å². The number of imidazole rings is 1. The van der Waals surface area contributed by atoms with E-state index in [1.54, 1.807) is 35.4 Å². The summed E-state index contributed by atoms with van der Waals surface area (Å²) in [5.74, 6) is 2.40. The summed E-state index contributed by atoms with van der Waals surface area (Å²) < 4.78 is 19.5. The summed E-state index contributed by atoms with van der Waals surface area (Å²) in [6.07, 6.45) is 6.82. The Balaban J connectivity index is 1.09. The van der Waals surface area contributed by atoms with Crippen LogP contribution >= 0.6 is 11.3 Å². The zero-order valence-corrected chi connectivity index (χ0v) is 24.1. The predicted molar refractivity (Wildman–Crippen MR) is 159 cm³/mol. The van der Waals surface area contributed by atoms with Gasteiger partial charge in [0.05, 0.1) is 36.3 Å². The van der Waals surface area contributed by atoms with Gasteiger partial charge in [-0.1, -0.05) is 12.1 Å². The van der Waals surface area contributed by atoms with Crippen molar-refractivity contribution in [3.63, 3.8) is 0 Å². The molecule has 0 radical (unpaired) electrons. The van der Waals surface area contributed by atoms with Crippen LogP contribution in [0.25, 0.3) is 38.8 Å². The molecular weight excluding hydrogens is 552 g/mol. The van der Waals surface area contributed by atoms with Gasteiger partial charge >= 0.3 is 0 Å². The van der Waals surface area contributed by atoms with Gasteiger partial charge in [0, 0.05) is 41.7 Å². The summed E-state index contributed by atoms with van der Waals surface area (Å²) in [4.78, 5) is 28.4. The average Bonchev–Trinajstić information content (AvgIpc) is 3.78. The quantitative estimate of drug-likeness (QED) is 0.220. The van der Waals surface area contributed by atoms with E-state index in [1.807, 2.05) is 59.7 Å². The molecule has 42 heavy (non-hydrogen) atoms. The van der Waals surface area contributed by atoms with Crippen molar-refractivity contribution in [1.29, 1.82) is 0 Å². The number of thiazole rings is 1. The first-order valence-corrected chi connectivity index (χ1v) is 14.7. The number of carbonyl (C=O) groups excluding carboxylic acids is 1. The molecule has 1 amide bonds. The number of benzene rings is 2. The van der Waals surface area contributed by atoms with E-state index >= 15 is 0 Å². The van der Waals surface area contributed by atoms with Gasteiger partial charge in [0.25, 0.3) is 11.7 Å². The molecule has 0 bridgehead atoms. The van der Waals surface area contributed by atoms with E-state index in [0.717, 1.165) is 53.3 Å². The van der Waals surface area contributed by atoms with Gasteiger partial charge in [0.1, 0.15) is 34.4 Å². The van der Waals surface area contributed by atoms with Crippen LogP contribution in [0.15, 0.2) is 64.7 Å². The minimum atomic E-state index is 0.103. The van der Waals surface area contributed by atoms with Crippen LogP contribution in [-0.2, 0) is 6.61 Å². The van der Waals surface area contributed by atoms with Crippen molar-refractivity contribution in [2.75, 3.05) is 20.2 Å². The third kappa shape index (κ3) is 5.07. The number of carbonyl (C=O) groups is 1. The lowest BCUT2D eigenvalue weighted by atomic mass is 10.1. The van der Waals surface area contributed by atoms with Crippen LogP contribution in [0.5, 0.6) is 11.5 Å². The number of fused-ring (bicyclic) bond motifs is 2. The van der Waals surface area contributed by atoms with Crippen molar-refractivity contribution in [2.24, 2.45) is 0 Å². The lowest BCUT2D eigenvalue weighted by molar-refractivity contribution is 0.0724. The molecule has 7 rings (SSSR count). The van der Waals surface area contributed by atoms with E-state index in [9.17, 15) is 4.79 Å². The molecule has 2 aromatic carbocycles. The van der Waals surface area contributed by atoms with Crippen molar-refractivity contribution >= 4 is 34.0 Å². The zero-order chi connectivity index (χ0) is 28.6. The molecule has 11 heteroatoms. The van der Waals surface area contributed by atoms with Crippen LogP contribution in [0.1, 0.15) is 41.0 Å². The molecule has 1 fully saturated rings. The highest BCUT2D eigenvalue weighted by Gasteiger charge is 2.19. The largest absolute Gasteiger partial charge is 0.496 e. The number of likely N-dealkylation sites (tertiary alicyclic amines) is 1. The van der Waals surface area contributed by atoms with Crippen molar-refractivity contribution in [2.45, 2.75) is 32.8 Å². The number of amides is 1. The number of rotatable bonds is 7. The minimum Gasteiger partial charge on any atom is -0.496 e. The molecule has 0 unspecified atom stereocenters. The second kappa shape index (κ2) is 10.9. The number of aromatic nitrogens is 5. The molecular formula is C31H28N6O4S. The number of aryl methyl sites for hydroxylation is 1. The molecule has 0 atom stereocenters. The van der Waals surface area contributed by atoms with Gasteiger partial charge in [0.2, 0.25) is 0 Å². The normalized spacial score (nSPS) is 13.6. The monoisotopic (exact) mass is 580 g/mol. The lowest BCUT2D eigenvalue weighted by Crippen LogP contribution is -2.35. The van der Waals surface area contributed by atoms with E-state index in [2.05, 4.69) is 15.1 Å². The zero-order valence-electron chi connectivity index (χ0n) is 23.2. The summed E-state index contributed by atoms with van der Waals surface area (Å²) in [6, 6.07) is 13.3. The first-order chi connectivity index (χ1) is 20.5. The fraction of sp³-hybridized carbons (Fsp3) is 0.258. The van der Waals surface area contributed by atoms with E-state index in [1.165, 1.54) is 6.42 Å². The van der Waals surface area contributed by atoms with Crippen LogP contribution < -0.4 is 9.47 Å². The van der Waals surface area contributed by atoms with Crippen LogP contribution in [0.4, 0.5) is 0 Å². The fourth-order valence-electron chi connectivity index (χ4n) is 5.13. The van der Waals surface area contributed by atoms with Gasteiger partial charge < -0.3 is 18.8 Å². The number of furan rings is 1. The number of hydrogen-bond acceptors (Lipinski definition) is 9. The van der Waals surface area contributed by atoms with Gasteiger partial charge in [-0.15, -0.1) is 11.3 Å². The summed E-state index contributed by atoms with van der Waals surface area (Å²) in [7, 11) is 1.61. The Morgan fingerprint density at radius 1 is 1.07 bits per heavy atom. The van der Waals surface area contributed by atoms with E-state index in [0.29, 0.717) is 39.9 Å². The second-order valence-electron chi connectivity index (χ2n) is 10.3. The van der Waals surface area contributed by atoms with Crippen molar-refractivity contribution < 1.29 is 18.7 Å². The van der Waals surface area contributed by atoms with Gasteiger partial charge in [-0.05, 0) is 44.4 Å². The molecule has 10 nitrogen and oxygen atoms in total. The fourth-order valence-corrected chi connectivity index (χ4v) is 5.94. The van der Waals surface area contributed by atoms with Crippen molar-refractivity contribution in [3.05, 3.63) is 77.2 Å². The third-order valence-electron chi connectivity index (χ3n) is 7.31. The smallest absolute Gasteiger partial charge is 0.253 e. The number of hydrogen-bond donors (Lipinski definition) is 0. The van der Waals surface area contributed by atoms with Gasteiger partial charge in [-0.3, -0.25) is 4.79 Å². The van der Waals surface area contributed by atoms with Crippen LogP contribution in [0.3, 0.4) is 0 Å². The second-order valence-corrected chi connectivity index (χ2v) is 11.1. The SMILES string of the molecule is COc1cc(OCc2csc(-c3ccc(C(=O)N4CCCCC4)cc3)n2)c2cc(-c3cn4nc(C)cnc4n3)oc2c1. The Kier molecular flexibility index (Phi) is 6.79. The molecule has 5 heterocycles. The number of methoxy groups -OCH3 is 1. The van der Waals surface area contributed by atoms with E-state index in [4.69, 9.17) is 18.9 Å². The maximum Gasteiger partial charge on any atom is 0.253 e. The minimum absolute atomic E-state index is 0.103.